The van der Waals surface area contributed by atoms with Crippen LogP contribution < -0.4 is 0 Å². The second-order valence-electron chi connectivity index (χ2n) is 8.52. The Labute approximate surface area is 232 Å². The Morgan fingerprint density at radius 1 is 0.700 bits per heavy atom. The maximum Gasteiger partial charge on any atom is 0.339 e. The van der Waals surface area contributed by atoms with Gasteiger partial charge in [0.05, 0.1) is 20.3 Å². The van der Waals surface area contributed by atoms with E-state index in [9.17, 15) is 19.2 Å². The monoisotopic (exact) mass is 578 g/mol. The molecule has 216 valence electrons. The fourth-order valence-electron chi connectivity index (χ4n) is 3.75. The Kier molecular flexibility index (Phi) is 12.0. The SMILES string of the molecule is COC(=O)[C@H]1OC(OP(OCc2ccccc2)OCc2ccccc2)[C@H](OC(C)=O)[C@@H](OC(C)=O)[C@@H]1OC(C)=O. The van der Waals surface area contributed by atoms with E-state index in [0.29, 0.717) is 0 Å². The first-order valence-electron chi connectivity index (χ1n) is 12.2. The zero-order valence-corrected chi connectivity index (χ0v) is 23.3. The molecule has 0 spiro atoms. The summed E-state index contributed by atoms with van der Waals surface area (Å²) in [6, 6.07) is 18.5. The van der Waals surface area contributed by atoms with Gasteiger partial charge in [-0.25, -0.2) is 4.79 Å². The Bertz CT molecular complexity index is 1090. The van der Waals surface area contributed by atoms with Gasteiger partial charge in [-0.05, 0) is 11.1 Å². The molecule has 1 aliphatic rings. The summed E-state index contributed by atoms with van der Waals surface area (Å²) >= 11 is 0. The van der Waals surface area contributed by atoms with Gasteiger partial charge in [0.25, 0.3) is 0 Å². The van der Waals surface area contributed by atoms with Gasteiger partial charge in [0.1, 0.15) is 0 Å². The molecule has 1 saturated heterocycles. The molecule has 5 atom stereocenters. The normalized spacial score (nSPS) is 22.3. The molecule has 2 aromatic rings. The van der Waals surface area contributed by atoms with Crippen LogP contribution in [0.25, 0.3) is 0 Å². The molecule has 0 aliphatic carbocycles. The third kappa shape index (κ3) is 9.35. The van der Waals surface area contributed by atoms with E-state index in [2.05, 4.69) is 0 Å². The molecule has 0 saturated carbocycles. The Balaban J connectivity index is 1.93. The minimum Gasteiger partial charge on any atom is -0.467 e. The summed E-state index contributed by atoms with van der Waals surface area (Å²) in [5.41, 5.74) is 1.64. The molecule has 2 aromatic carbocycles. The lowest BCUT2D eigenvalue weighted by Gasteiger charge is -2.43. The fraction of sp³-hybridized carbons (Fsp3) is 0.407. The molecule has 0 aromatic heterocycles. The molecule has 1 fully saturated rings. The van der Waals surface area contributed by atoms with Crippen LogP contribution in [-0.4, -0.2) is 61.7 Å². The van der Waals surface area contributed by atoms with Gasteiger partial charge in [0, 0.05) is 20.8 Å². The summed E-state index contributed by atoms with van der Waals surface area (Å²) in [5, 5.41) is 0. The first-order chi connectivity index (χ1) is 19.2. The van der Waals surface area contributed by atoms with Crippen molar-refractivity contribution in [1.82, 2.24) is 0 Å². The number of ether oxygens (including phenoxy) is 5. The second-order valence-corrected chi connectivity index (χ2v) is 9.69. The van der Waals surface area contributed by atoms with Crippen LogP contribution >= 0.6 is 8.60 Å². The van der Waals surface area contributed by atoms with Crippen LogP contribution in [0.4, 0.5) is 0 Å². The minimum absolute atomic E-state index is 0.0934. The second kappa shape index (κ2) is 15.4. The Morgan fingerprint density at radius 2 is 1.15 bits per heavy atom. The molecule has 0 N–H and O–H groups in total. The van der Waals surface area contributed by atoms with Crippen molar-refractivity contribution < 1.29 is 56.4 Å². The third-order valence-corrected chi connectivity index (χ3v) is 6.44. The molecule has 1 heterocycles. The van der Waals surface area contributed by atoms with E-state index in [0.717, 1.165) is 39.0 Å². The van der Waals surface area contributed by atoms with E-state index < -0.39 is 63.2 Å². The molecule has 1 aliphatic heterocycles. The summed E-state index contributed by atoms with van der Waals surface area (Å²) in [7, 11) is -1.11. The van der Waals surface area contributed by atoms with Crippen molar-refractivity contribution in [2.75, 3.05) is 7.11 Å². The topological polar surface area (TPSA) is 142 Å². The summed E-state index contributed by atoms with van der Waals surface area (Å²) in [4.78, 5) is 48.6. The molecular formula is C27H31O12P. The van der Waals surface area contributed by atoms with Crippen molar-refractivity contribution in [2.45, 2.75) is 64.7 Å². The van der Waals surface area contributed by atoms with Gasteiger partial charge in [-0.3, -0.25) is 18.9 Å². The molecule has 12 nitrogen and oxygen atoms in total. The predicted molar refractivity (Wildman–Crippen MR) is 138 cm³/mol. The Hall–Kier alpha value is -3.41. The number of carbonyl (C=O) groups is 4. The van der Waals surface area contributed by atoms with Gasteiger partial charge in [-0.1, -0.05) is 60.7 Å². The minimum atomic E-state index is -2.21. The van der Waals surface area contributed by atoms with E-state index in [1.807, 2.05) is 60.7 Å². The zero-order chi connectivity index (χ0) is 29.1. The average Bonchev–Trinajstić information content (AvgIpc) is 2.93. The first-order valence-corrected chi connectivity index (χ1v) is 13.3. The van der Waals surface area contributed by atoms with E-state index >= 15 is 0 Å². The lowest BCUT2D eigenvalue weighted by molar-refractivity contribution is -0.284. The van der Waals surface area contributed by atoms with Crippen molar-refractivity contribution in [1.29, 1.82) is 0 Å². The largest absolute Gasteiger partial charge is 0.467 e. The highest BCUT2D eigenvalue weighted by atomic mass is 31.2. The molecule has 13 heteroatoms. The van der Waals surface area contributed by atoms with Crippen molar-refractivity contribution in [3.8, 4) is 0 Å². The zero-order valence-electron chi connectivity index (χ0n) is 22.4. The smallest absolute Gasteiger partial charge is 0.339 e. The van der Waals surface area contributed by atoms with Crippen LogP contribution in [0.1, 0.15) is 31.9 Å². The van der Waals surface area contributed by atoms with Gasteiger partial charge in [-0.2, -0.15) is 0 Å². The van der Waals surface area contributed by atoms with Crippen molar-refractivity contribution in [3.63, 3.8) is 0 Å². The van der Waals surface area contributed by atoms with Gasteiger partial charge in [0.15, 0.2) is 24.4 Å². The van der Waals surface area contributed by atoms with Crippen LogP contribution in [-0.2, 0) is 69.6 Å². The Morgan fingerprint density at radius 3 is 1.60 bits per heavy atom. The highest BCUT2D eigenvalue weighted by Gasteiger charge is 2.56. The van der Waals surface area contributed by atoms with Crippen molar-refractivity contribution in [3.05, 3.63) is 71.8 Å². The number of carbonyl (C=O) groups excluding carboxylic acids is 4. The van der Waals surface area contributed by atoms with Gasteiger partial charge >= 0.3 is 32.5 Å². The average molecular weight is 579 g/mol. The molecule has 3 rings (SSSR count). The van der Waals surface area contributed by atoms with Crippen molar-refractivity contribution in [2.24, 2.45) is 0 Å². The highest BCUT2D eigenvalue weighted by molar-refractivity contribution is 7.41. The molecule has 0 amide bonds. The molecular weight excluding hydrogens is 547 g/mol. The van der Waals surface area contributed by atoms with Gasteiger partial charge in [0.2, 0.25) is 6.29 Å². The lowest BCUT2D eigenvalue weighted by Crippen LogP contribution is -2.63. The van der Waals surface area contributed by atoms with E-state index in [4.69, 9.17) is 37.3 Å². The predicted octanol–water partition coefficient (Wildman–Crippen LogP) is 3.36. The number of esters is 4. The van der Waals surface area contributed by atoms with Crippen LogP contribution in [0.3, 0.4) is 0 Å². The summed E-state index contributed by atoms with van der Waals surface area (Å²) in [6.07, 6.45) is -7.64. The summed E-state index contributed by atoms with van der Waals surface area (Å²) in [6.45, 7) is 3.51. The summed E-state index contributed by atoms with van der Waals surface area (Å²) < 4.78 is 44.6. The van der Waals surface area contributed by atoms with Crippen LogP contribution in [0.15, 0.2) is 60.7 Å². The maximum absolute atomic E-state index is 12.7. The van der Waals surface area contributed by atoms with Gasteiger partial charge < -0.3 is 32.7 Å². The van der Waals surface area contributed by atoms with E-state index in [1.165, 1.54) is 0 Å². The first kappa shape index (κ1) is 31.1. The maximum atomic E-state index is 12.7. The highest BCUT2D eigenvalue weighted by Crippen LogP contribution is 2.46. The fourth-order valence-corrected chi connectivity index (χ4v) is 4.80. The molecule has 40 heavy (non-hydrogen) atoms. The third-order valence-electron chi connectivity index (χ3n) is 5.38. The number of methoxy groups -OCH3 is 1. The van der Waals surface area contributed by atoms with Gasteiger partial charge in [-0.15, -0.1) is 0 Å². The molecule has 1 unspecified atom stereocenters. The van der Waals surface area contributed by atoms with E-state index in [-0.39, 0.29) is 13.2 Å². The van der Waals surface area contributed by atoms with E-state index in [1.54, 1.807) is 0 Å². The number of rotatable bonds is 12. The molecule has 0 radical (unpaired) electrons. The molecule has 0 bridgehead atoms. The number of hydrogen-bond acceptors (Lipinski definition) is 12. The number of hydrogen-bond donors (Lipinski definition) is 0. The van der Waals surface area contributed by atoms with Crippen LogP contribution in [0.2, 0.25) is 0 Å². The number of benzene rings is 2. The van der Waals surface area contributed by atoms with Crippen LogP contribution in [0, 0.1) is 0 Å². The van der Waals surface area contributed by atoms with Crippen molar-refractivity contribution >= 4 is 32.5 Å². The quantitative estimate of drug-likeness (QED) is 0.207. The lowest BCUT2D eigenvalue weighted by atomic mass is 9.98. The van der Waals surface area contributed by atoms with Crippen LogP contribution in [0.5, 0.6) is 0 Å². The summed E-state index contributed by atoms with van der Waals surface area (Å²) in [5.74, 6) is -3.33. The standard InChI is InChI=1S/C27H31O12P/c1-17(28)35-22-23(36-18(2)29)25(37-19(3)30)27(38-24(22)26(31)32-4)39-40(33-15-20-11-7-5-8-12-20)34-16-21-13-9-6-10-14-21/h5-14,22-25,27H,15-16H2,1-4H3/t22-,23-,24-,25+,27?/m0/s1.